The van der Waals surface area contributed by atoms with Crippen molar-refractivity contribution in [3.8, 4) is 147 Å². The summed E-state index contributed by atoms with van der Waals surface area (Å²) in [7, 11) is 0. The topological polar surface area (TPSA) is 86.6 Å². The van der Waals surface area contributed by atoms with Gasteiger partial charge in [0.2, 0.25) is 0 Å². The van der Waals surface area contributed by atoms with Crippen LogP contribution < -0.4 is 4.74 Å². The first-order chi connectivity index (χ1) is 39.1. The third-order valence-corrected chi connectivity index (χ3v) is 14.4. The summed E-state index contributed by atoms with van der Waals surface area (Å²) >= 11 is 0. The molecule has 0 spiro atoms. The molecule has 0 N–H and O–H groups in total. The Kier molecular flexibility index (Phi) is 12.1. The van der Waals surface area contributed by atoms with Crippen LogP contribution in [-0.4, -0.2) is 29.9 Å². The van der Waals surface area contributed by atoms with Crippen molar-refractivity contribution < 1.29 is 4.74 Å². The molecule has 7 heteroatoms. The summed E-state index contributed by atoms with van der Waals surface area (Å²) in [5.74, 6) is 4.82. The lowest BCUT2D eigenvalue weighted by molar-refractivity contribution is 0.488. The van der Waals surface area contributed by atoms with Gasteiger partial charge >= 0.3 is 0 Å². The molecular formula is C72H46N6O. The van der Waals surface area contributed by atoms with Gasteiger partial charge in [0, 0.05) is 44.5 Å². The highest BCUT2D eigenvalue weighted by Gasteiger charge is 2.24. The van der Waals surface area contributed by atoms with E-state index in [0.29, 0.717) is 46.4 Å². The van der Waals surface area contributed by atoms with Gasteiger partial charge in [-0.15, -0.1) is 0 Å². The maximum absolute atomic E-state index is 6.95. The number of aromatic nitrogens is 6. The van der Waals surface area contributed by atoms with Gasteiger partial charge in [-0.1, -0.05) is 218 Å². The molecule has 3 heterocycles. The summed E-state index contributed by atoms with van der Waals surface area (Å²) in [6.45, 7) is 0. The molecule has 0 atom stereocenters. The fraction of sp³-hybridized carbons (Fsp3) is 0. The molecule has 0 fully saturated rings. The van der Waals surface area contributed by atoms with Crippen molar-refractivity contribution >= 4 is 0 Å². The van der Waals surface area contributed by atoms with E-state index in [-0.39, 0.29) is 0 Å². The van der Waals surface area contributed by atoms with Crippen molar-refractivity contribution in [1.82, 2.24) is 29.9 Å². The number of hydrogen-bond acceptors (Lipinski definition) is 7. The maximum Gasteiger partial charge on any atom is 0.164 e. The Hall–Kier alpha value is -10.8. The van der Waals surface area contributed by atoms with Gasteiger partial charge in [-0.25, -0.2) is 29.9 Å². The van der Waals surface area contributed by atoms with Crippen LogP contribution in [0.5, 0.6) is 11.5 Å². The monoisotopic (exact) mass is 1010 g/mol. The molecule has 11 aromatic carbocycles. The van der Waals surface area contributed by atoms with Crippen molar-refractivity contribution in [3.05, 3.63) is 279 Å². The van der Waals surface area contributed by atoms with Gasteiger partial charge < -0.3 is 4.74 Å². The van der Waals surface area contributed by atoms with E-state index in [0.717, 1.165) is 100 Å². The molecule has 0 saturated heterocycles. The average molecular weight is 1010 g/mol. The van der Waals surface area contributed by atoms with E-state index in [1.807, 2.05) is 48.5 Å². The van der Waals surface area contributed by atoms with Crippen LogP contribution in [0.4, 0.5) is 0 Å². The highest BCUT2D eigenvalue weighted by atomic mass is 16.5. The van der Waals surface area contributed by atoms with Gasteiger partial charge in [0.15, 0.2) is 34.9 Å². The van der Waals surface area contributed by atoms with Crippen LogP contribution in [0.2, 0.25) is 0 Å². The second kappa shape index (κ2) is 20.4. The standard InChI is InChI=1S/C72H46N6O/c1-5-19-47(20-6-1)51-27-15-31-55(41-51)67-73-68(56-32-16-28-52(42-56)48-21-7-2-8-22-48)76-71(75-67)59-37-39-65-63(45-59)61-35-13-14-36-62(61)64-46-60(38-40-66(64)79-65)72-77-69(57-33-17-29-53(43-57)49-23-9-3-10-24-49)74-70(78-72)58-34-18-30-54(44-58)50-25-11-4-12-26-50/h1-46H. The van der Waals surface area contributed by atoms with Crippen LogP contribution in [-0.2, 0) is 0 Å². The summed E-state index contributed by atoms with van der Waals surface area (Å²) in [6, 6.07) is 95.9. The van der Waals surface area contributed by atoms with Crippen molar-refractivity contribution in [3.63, 3.8) is 0 Å². The number of ether oxygens (including phenoxy) is 1. The lowest BCUT2D eigenvalue weighted by Gasteiger charge is -2.13. The number of benzene rings is 11. The lowest BCUT2D eigenvalue weighted by Crippen LogP contribution is -2.01. The molecule has 0 amide bonds. The van der Waals surface area contributed by atoms with Crippen LogP contribution in [0.15, 0.2) is 279 Å². The average Bonchev–Trinajstić information content (AvgIpc) is 3.86. The smallest absolute Gasteiger partial charge is 0.164 e. The van der Waals surface area contributed by atoms with Gasteiger partial charge in [-0.05, 0) is 116 Å². The Labute approximate surface area is 458 Å². The Bertz CT molecular complexity index is 3910. The molecule has 1 aliphatic heterocycles. The fourth-order valence-electron chi connectivity index (χ4n) is 10.4. The van der Waals surface area contributed by atoms with Crippen molar-refractivity contribution in [1.29, 1.82) is 0 Å². The van der Waals surface area contributed by atoms with Gasteiger partial charge in [-0.3, -0.25) is 0 Å². The zero-order valence-corrected chi connectivity index (χ0v) is 42.6. The molecule has 2 aromatic heterocycles. The highest BCUT2D eigenvalue weighted by molar-refractivity contribution is 5.93. The second-order valence-electron chi connectivity index (χ2n) is 19.5. The molecule has 13 aromatic rings. The van der Waals surface area contributed by atoms with Crippen molar-refractivity contribution in [2.75, 3.05) is 0 Å². The molecule has 1 aliphatic rings. The molecule has 0 unspecified atom stereocenters. The van der Waals surface area contributed by atoms with E-state index in [4.69, 9.17) is 34.6 Å². The molecular weight excluding hydrogens is 965 g/mol. The second-order valence-corrected chi connectivity index (χ2v) is 19.5. The van der Waals surface area contributed by atoms with Crippen LogP contribution in [0.3, 0.4) is 0 Å². The predicted octanol–water partition coefficient (Wildman–Crippen LogP) is 18.2. The molecule has 370 valence electrons. The van der Waals surface area contributed by atoms with E-state index >= 15 is 0 Å². The third kappa shape index (κ3) is 9.43. The molecule has 0 saturated carbocycles. The summed E-state index contributed by atoms with van der Waals surface area (Å²) < 4.78 is 6.95. The van der Waals surface area contributed by atoms with E-state index in [2.05, 4.69) is 231 Å². The van der Waals surface area contributed by atoms with Gasteiger partial charge in [0.05, 0.1) is 0 Å². The summed E-state index contributed by atoms with van der Waals surface area (Å²) in [4.78, 5) is 31.3. The number of nitrogens with zero attached hydrogens (tertiary/aromatic N) is 6. The summed E-state index contributed by atoms with van der Waals surface area (Å²) in [6.07, 6.45) is 0. The van der Waals surface area contributed by atoms with Crippen molar-refractivity contribution in [2.24, 2.45) is 0 Å². The minimum Gasteiger partial charge on any atom is -0.456 e. The summed E-state index contributed by atoms with van der Waals surface area (Å²) in [5.41, 5.74) is 17.8. The molecule has 7 nitrogen and oxygen atoms in total. The zero-order valence-electron chi connectivity index (χ0n) is 42.6. The molecule has 0 radical (unpaired) electrons. The van der Waals surface area contributed by atoms with E-state index in [9.17, 15) is 0 Å². The molecule has 14 rings (SSSR count). The molecule has 79 heavy (non-hydrogen) atoms. The quantitative estimate of drug-likeness (QED) is 0.135. The van der Waals surface area contributed by atoms with Gasteiger partial charge in [-0.2, -0.15) is 0 Å². The Morgan fingerprint density at radius 3 is 0.671 bits per heavy atom. The summed E-state index contributed by atoms with van der Waals surface area (Å²) in [5, 5.41) is 0. The van der Waals surface area contributed by atoms with Crippen LogP contribution in [0.25, 0.3) is 135 Å². The first-order valence-electron chi connectivity index (χ1n) is 26.3. The van der Waals surface area contributed by atoms with Gasteiger partial charge in [0.25, 0.3) is 0 Å². The number of rotatable bonds is 10. The van der Waals surface area contributed by atoms with Crippen LogP contribution >= 0.6 is 0 Å². The first kappa shape index (κ1) is 46.7. The number of hydrogen-bond donors (Lipinski definition) is 0. The zero-order chi connectivity index (χ0) is 52.5. The van der Waals surface area contributed by atoms with Crippen LogP contribution in [0, 0.1) is 0 Å². The van der Waals surface area contributed by atoms with E-state index in [1.54, 1.807) is 0 Å². The predicted molar refractivity (Wildman–Crippen MR) is 319 cm³/mol. The first-order valence-corrected chi connectivity index (χ1v) is 26.3. The Morgan fingerprint density at radius 2 is 0.392 bits per heavy atom. The maximum atomic E-state index is 6.95. The Morgan fingerprint density at radius 1 is 0.165 bits per heavy atom. The lowest BCUT2D eigenvalue weighted by atomic mass is 9.93. The third-order valence-electron chi connectivity index (χ3n) is 14.4. The van der Waals surface area contributed by atoms with E-state index < -0.39 is 0 Å². The normalized spacial score (nSPS) is 11.4. The molecule has 0 aliphatic carbocycles. The SMILES string of the molecule is c1ccc(-c2cccc(-c3nc(-c4cccc(-c5ccccc5)c4)nc(-c4ccc5c(c4)-c4ccccc4-c4cc(-c6nc(-c7cccc(-c8ccccc8)c7)nc(-c7cccc(-c8ccccc8)c7)n6)ccc4O5)n3)c2)cc1. The fourth-order valence-corrected chi connectivity index (χ4v) is 10.4. The van der Waals surface area contributed by atoms with Gasteiger partial charge in [0.1, 0.15) is 11.5 Å². The minimum atomic E-state index is 0.546. The molecule has 0 bridgehead atoms. The highest BCUT2D eigenvalue weighted by Crippen LogP contribution is 2.49. The van der Waals surface area contributed by atoms with E-state index in [1.165, 1.54) is 0 Å². The van der Waals surface area contributed by atoms with Crippen molar-refractivity contribution in [2.45, 2.75) is 0 Å². The van der Waals surface area contributed by atoms with Crippen LogP contribution in [0.1, 0.15) is 0 Å². The minimum absolute atomic E-state index is 0.546. The number of fused-ring (bicyclic) bond motifs is 5. The Balaban J connectivity index is 0.879. The largest absolute Gasteiger partial charge is 0.456 e.